The van der Waals surface area contributed by atoms with Crippen molar-refractivity contribution in [1.29, 1.82) is 0 Å². The maximum atomic E-state index is 11.9. The third-order valence-corrected chi connectivity index (χ3v) is 2.77. The number of hydrogen-bond acceptors (Lipinski definition) is 6. The van der Waals surface area contributed by atoms with Crippen molar-refractivity contribution in [3.05, 3.63) is 36.0 Å². The van der Waals surface area contributed by atoms with Crippen molar-refractivity contribution in [2.75, 3.05) is 32.3 Å². The van der Waals surface area contributed by atoms with Gasteiger partial charge in [-0.05, 0) is 26.0 Å². The number of hydrogen-bond donors (Lipinski definition) is 0. The summed E-state index contributed by atoms with van der Waals surface area (Å²) in [6.07, 6.45) is 1.39. The molecule has 0 saturated heterocycles. The molecule has 1 rings (SSSR count). The maximum Gasteiger partial charge on any atom is 0.347 e. The summed E-state index contributed by atoms with van der Waals surface area (Å²) >= 11 is 0. The molecule has 0 aliphatic rings. The summed E-state index contributed by atoms with van der Waals surface area (Å²) in [5.74, 6) is -0.752. The lowest BCUT2D eigenvalue weighted by Gasteiger charge is -2.17. The molecule has 6 heteroatoms. The molecule has 1 aromatic rings. The lowest BCUT2D eigenvalue weighted by Crippen LogP contribution is -2.22. The molecule has 0 heterocycles. The highest BCUT2D eigenvalue weighted by molar-refractivity contribution is 6.14. The van der Waals surface area contributed by atoms with Crippen LogP contribution in [0, 0.1) is 0 Å². The van der Waals surface area contributed by atoms with Crippen LogP contribution < -0.4 is 9.64 Å². The highest BCUT2D eigenvalue weighted by Gasteiger charge is 2.22. The van der Waals surface area contributed by atoms with E-state index < -0.39 is 11.9 Å². The molecule has 6 nitrogen and oxygen atoms in total. The van der Waals surface area contributed by atoms with Gasteiger partial charge in [0.05, 0.1) is 20.3 Å². The standard InChI is InChI=1S/C16H21NO5/c1-5-21-15(18)14(16(19)22-6-2)11-17(3)12-8-7-9-13(10-12)20-4/h7-11H,5-6H2,1-4H3. The van der Waals surface area contributed by atoms with Gasteiger partial charge in [-0.2, -0.15) is 0 Å². The van der Waals surface area contributed by atoms with Crippen molar-refractivity contribution >= 4 is 17.6 Å². The van der Waals surface area contributed by atoms with Crippen LogP contribution in [0.25, 0.3) is 0 Å². The van der Waals surface area contributed by atoms with Crippen LogP contribution in [0.3, 0.4) is 0 Å². The second-order valence-electron chi connectivity index (χ2n) is 4.30. The lowest BCUT2D eigenvalue weighted by atomic mass is 10.2. The predicted molar refractivity (Wildman–Crippen MR) is 82.7 cm³/mol. The van der Waals surface area contributed by atoms with Gasteiger partial charge in [-0.1, -0.05) is 6.07 Å². The fourth-order valence-electron chi connectivity index (χ4n) is 1.70. The molecule has 0 aromatic heterocycles. The Bertz CT molecular complexity index is 533. The molecule has 0 unspecified atom stereocenters. The largest absolute Gasteiger partial charge is 0.497 e. The molecule has 0 aliphatic carbocycles. The monoisotopic (exact) mass is 307 g/mol. The molecule has 22 heavy (non-hydrogen) atoms. The molecule has 0 bridgehead atoms. The first kappa shape index (κ1) is 17.6. The van der Waals surface area contributed by atoms with Gasteiger partial charge < -0.3 is 19.1 Å². The molecule has 120 valence electrons. The second-order valence-corrected chi connectivity index (χ2v) is 4.30. The van der Waals surface area contributed by atoms with Gasteiger partial charge in [-0.3, -0.25) is 0 Å². The number of anilines is 1. The third-order valence-electron chi connectivity index (χ3n) is 2.77. The molecular formula is C16H21NO5. The first-order valence-electron chi connectivity index (χ1n) is 6.96. The first-order chi connectivity index (χ1) is 10.5. The van der Waals surface area contributed by atoms with Crippen LogP contribution >= 0.6 is 0 Å². The Kier molecular flexibility index (Phi) is 6.95. The van der Waals surface area contributed by atoms with Gasteiger partial charge in [0, 0.05) is 25.0 Å². The Labute approximate surface area is 130 Å². The number of rotatable bonds is 7. The summed E-state index contributed by atoms with van der Waals surface area (Å²) in [6, 6.07) is 7.23. The zero-order valence-electron chi connectivity index (χ0n) is 13.3. The molecule has 0 aliphatic heterocycles. The van der Waals surface area contributed by atoms with E-state index in [4.69, 9.17) is 14.2 Å². The van der Waals surface area contributed by atoms with Gasteiger partial charge in [-0.15, -0.1) is 0 Å². The Hall–Kier alpha value is -2.50. The summed E-state index contributed by atoms with van der Waals surface area (Å²) < 4.78 is 14.9. The van der Waals surface area contributed by atoms with Gasteiger partial charge in [-0.25, -0.2) is 9.59 Å². The van der Waals surface area contributed by atoms with E-state index in [-0.39, 0.29) is 18.8 Å². The minimum absolute atomic E-state index is 0.158. The number of carbonyl (C=O) groups excluding carboxylic acids is 2. The quantitative estimate of drug-likeness (QED) is 0.333. The van der Waals surface area contributed by atoms with E-state index in [1.807, 2.05) is 12.1 Å². The highest BCUT2D eigenvalue weighted by atomic mass is 16.6. The van der Waals surface area contributed by atoms with Gasteiger partial charge in [0.1, 0.15) is 5.75 Å². The zero-order valence-corrected chi connectivity index (χ0v) is 13.3. The first-order valence-corrected chi connectivity index (χ1v) is 6.96. The minimum atomic E-state index is -0.712. The van der Waals surface area contributed by atoms with Crippen molar-refractivity contribution in [1.82, 2.24) is 0 Å². The maximum absolute atomic E-state index is 11.9. The van der Waals surface area contributed by atoms with Crippen LogP contribution in [0.4, 0.5) is 5.69 Å². The van der Waals surface area contributed by atoms with Gasteiger partial charge in [0.25, 0.3) is 0 Å². The number of benzene rings is 1. The SMILES string of the molecule is CCOC(=O)C(=CN(C)c1cccc(OC)c1)C(=O)OCC. The molecule has 0 fully saturated rings. The Morgan fingerprint density at radius 3 is 2.23 bits per heavy atom. The van der Waals surface area contributed by atoms with E-state index >= 15 is 0 Å². The van der Waals surface area contributed by atoms with E-state index in [0.717, 1.165) is 5.69 Å². The van der Waals surface area contributed by atoms with Gasteiger partial charge in [0.15, 0.2) is 5.57 Å². The normalized spacial score (nSPS) is 9.64. The smallest absolute Gasteiger partial charge is 0.347 e. The fourth-order valence-corrected chi connectivity index (χ4v) is 1.70. The third kappa shape index (κ3) is 4.80. The van der Waals surface area contributed by atoms with Crippen LogP contribution in [-0.4, -0.2) is 39.3 Å². The lowest BCUT2D eigenvalue weighted by molar-refractivity contribution is -0.146. The molecule has 0 radical (unpaired) electrons. The predicted octanol–water partition coefficient (Wildman–Crippen LogP) is 2.14. The Balaban J connectivity index is 3.07. The topological polar surface area (TPSA) is 65.1 Å². The van der Waals surface area contributed by atoms with E-state index in [9.17, 15) is 9.59 Å². The second kappa shape index (κ2) is 8.71. The van der Waals surface area contributed by atoms with Crippen LogP contribution in [0.15, 0.2) is 36.0 Å². The summed E-state index contributed by atoms with van der Waals surface area (Å²) in [5.41, 5.74) is 0.597. The number of carbonyl (C=O) groups is 2. The van der Waals surface area contributed by atoms with E-state index in [1.165, 1.54) is 6.20 Å². The molecule has 0 atom stereocenters. The molecule has 0 amide bonds. The van der Waals surface area contributed by atoms with Crippen molar-refractivity contribution in [3.63, 3.8) is 0 Å². The zero-order chi connectivity index (χ0) is 16.5. The highest BCUT2D eigenvalue weighted by Crippen LogP contribution is 2.21. The number of esters is 2. The van der Waals surface area contributed by atoms with E-state index in [2.05, 4.69) is 0 Å². The molecule has 0 saturated carbocycles. The average Bonchev–Trinajstić information content (AvgIpc) is 2.52. The summed E-state index contributed by atoms with van der Waals surface area (Å²) in [5, 5.41) is 0. The molecular weight excluding hydrogens is 286 g/mol. The summed E-state index contributed by atoms with van der Waals surface area (Å²) in [4.78, 5) is 25.4. The van der Waals surface area contributed by atoms with Crippen molar-refractivity contribution < 1.29 is 23.8 Å². The summed E-state index contributed by atoms with van der Waals surface area (Å²) in [7, 11) is 3.28. The van der Waals surface area contributed by atoms with Gasteiger partial charge in [0.2, 0.25) is 0 Å². The van der Waals surface area contributed by atoms with Crippen LogP contribution in [0.2, 0.25) is 0 Å². The average molecular weight is 307 g/mol. The van der Waals surface area contributed by atoms with Crippen molar-refractivity contribution in [2.45, 2.75) is 13.8 Å². The summed E-state index contributed by atoms with van der Waals surface area (Å²) in [6.45, 7) is 3.70. The van der Waals surface area contributed by atoms with Crippen LogP contribution in [-0.2, 0) is 19.1 Å². The Morgan fingerprint density at radius 1 is 1.14 bits per heavy atom. The number of methoxy groups -OCH3 is 1. The van der Waals surface area contributed by atoms with E-state index in [1.54, 1.807) is 45.0 Å². The van der Waals surface area contributed by atoms with Gasteiger partial charge >= 0.3 is 11.9 Å². The minimum Gasteiger partial charge on any atom is -0.497 e. The fraction of sp³-hybridized carbons (Fsp3) is 0.375. The van der Waals surface area contributed by atoms with Crippen LogP contribution in [0.1, 0.15) is 13.8 Å². The number of nitrogens with zero attached hydrogens (tertiary/aromatic N) is 1. The molecule has 0 N–H and O–H groups in total. The van der Waals surface area contributed by atoms with Crippen LogP contribution in [0.5, 0.6) is 5.75 Å². The van der Waals surface area contributed by atoms with Crippen molar-refractivity contribution in [3.8, 4) is 5.75 Å². The Morgan fingerprint density at radius 2 is 1.73 bits per heavy atom. The van der Waals surface area contributed by atoms with E-state index in [0.29, 0.717) is 5.75 Å². The molecule has 0 spiro atoms. The number of ether oxygens (including phenoxy) is 3. The van der Waals surface area contributed by atoms with Crippen molar-refractivity contribution in [2.24, 2.45) is 0 Å². The molecule has 1 aromatic carbocycles.